The number of benzene rings is 4. The molecule has 3 nitrogen and oxygen atoms in total. The topological polar surface area (TPSA) is 51.2 Å². The molecule has 1 unspecified atom stereocenters. The van der Waals surface area contributed by atoms with Gasteiger partial charge in [0, 0.05) is 25.9 Å². The molecule has 0 fully saturated rings. The summed E-state index contributed by atoms with van der Waals surface area (Å²) < 4.78 is 12.3. The molecule has 0 spiro atoms. The summed E-state index contributed by atoms with van der Waals surface area (Å²) in [6.45, 7) is 0. The van der Waals surface area contributed by atoms with Gasteiger partial charge in [-0.25, -0.2) is 4.21 Å². The van der Waals surface area contributed by atoms with Crippen LogP contribution in [0.2, 0.25) is 5.02 Å². The molecule has 2 aliphatic rings. The van der Waals surface area contributed by atoms with Gasteiger partial charge >= 0.3 is 0 Å². The molecular formula is C27H17ClO3S. The Morgan fingerprint density at radius 2 is 1.09 bits per heavy atom. The highest BCUT2D eigenvalue weighted by Gasteiger charge is 2.29. The third kappa shape index (κ3) is 3.52. The Bertz CT molecular complexity index is 1370. The third-order valence-electron chi connectivity index (χ3n) is 5.62. The molecule has 32 heavy (non-hydrogen) atoms. The van der Waals surface area contributed by atoms with Gasteiger partial charge in [0.05, 0.1) is 10.8 Å². The molecule has 0 aromatic heterocycles. The van der Waals surface area contributed by atoms with Crippen molar-refractivity contribution < 1.29 is 13.8 Å². The highest BCUT2D eigenvalue weighted by molar-refractivity contribution is 7.85. The van der Waals surface area contributed by atoms with E-state index in [1.165, 1.54) is 0 Å². The molecule has 6 rings (SSSR count). The molecule has 0 bridgehead atoms. The number of halogens is 1. The number of Topliss-reactive ketones (excluding diaryl/α,β-unsaturated/α-hetero) is 2. The van der Waals surface area contributed by atoms with E-state index in [0.717, 1.165) is 38.5 Å². The zero-order valence-electron chi connectivity index (χ0n) is 16.9. The van der Waals surface area contributed by atoms with Crippen LogP contribution in [0.15, 0.2) is 101 Å². The fourth-order valence-corrected chi connectivity index (χ4v) is 5.67. The van der Waals surface area contributed by atoms with E-state index in [1.807, 2.05) is 60.7 Å². The second-order valence-corrected chi connectivity index (χ2v) is 9.41. The predicted octanol–water partition coefficient (Wildman–Crippen LogP) is 6.14. The van der Waals surface area contributed by atoms with Gasteiger partial charge in [0.1, 0.15) is 0 Å². The van der Waals surface area contributed by atoms with Crippen LogP contribution < -0.4 is 0 Å². The van der Waals surface area contributed by atoms with E-state index < -0.39 is 22.4 Å². The Labute approximate surface area is 193 Å². The first-order chi connectivity index (χ1) is 15.5. The van der Waals surface area contributed by atoms with Gasteiger partial charge in [-0.2, -0.15) is 0 Å². The summed E-state index contributed by atoms with van der Waals surface area (Å²) >= 11 is 5.95. The van der Waals surface area contributed by atoms with Crippen molar-refractivity contribution in [3.63, 3.8) is 0 Å². The van der Waals surface area contributed by atoms with Gasteiger partial charge in [-0.1, -0.05) is 78.3 Å². The van der Waals surface area contributed by atoms with Gasteiger partial charge in [0.15, 0.2) is 0 Å². The van der Waals surface area contributed by atoms with Gasteiger partial charge in [-0.3, -0.25) is 9.59 Å². The van der Waals surface area contributed by atoms with Crippen LogP contribution in [0.3, 0.4) is 0 Å². The maximum absolute atomic E-state index is 12.3. The fourth-order valence-electron chi connectivity index (χ4n) is 4.10. The zero-order valence-corrected chi connectivity index (χ0v) is 18.5. The van der Waals surface area contributed by atoms with Crippen molar-refractivity contribution in [3.05, 3.63) is 118 Å². The van der Waals surface area contributed by atoms with E-state index in [4.69, 9.17) is 11.6 Å². The maximum Gasteiger partial charge on any atom is 0.234 e. The first kappa shape index (κ1) is 20.6. The van der Waals surface area contributed by atoms with Gasteiger partial charge in [0.2, 0.25) is 11.6 Å². The molecule has 0 saturated heterocycles. The van der Waals surface area contributed by atoms with Crippen LogP contribution in [0, 0.1) is 0 Å². The average molecular weight is 457 g/mol. The normalized spacial score (nSPS) is 15.5. The first-order valence-corrected chi connectivity index (χ1v) is 11.6. The Balaban J connectivity index is 0.000000135. The molecule has 4 aromatic carbocycles. The molecule has 156 valence electrons. The van der Waals surface area contributed by atoms with Gasteiger partial charge in [0.25, 0.3) is 0 Å². The summed E-state index contributed by atoms with van der Waals surface area (Å²) in [6.07, 6.45) is 0.817. The van der Waals surface area contributed by atoms with Crippen molar-refractivity contribution in [1.82, 2.24) is 0 Å². The minimum absolute atomic E-state index is 0.408. The monoisotopic (exact) mass is 456 g/mol. The molecule has 1 atom stereocenters. The van der Waals surface area contributed by atoms with Crippen LogP contribution in [-0.2, 0) is 17.2 Å². The Morgan fingerprint density at radius 3 is 1.72 bits per heavy atom. The largest absolute Gasteiger partial charge is 0.285 e. The number of carbonyl (C=O) groups excluding carboxylic acids is 2. The molecule has 1 heterocycles. The summed E-state index contributed by atoms with van der Waals surface area (Å²) in [4.78, 5) is 25.5. The van der Waals surface area contributed by atoms with Crippen LogP contribution in [0.1, 0.15) is 31.8 Å². The molecule has 0 N–H and O–H groups in total. The van der Waals surface area contributed by atoms with Gasteiger partial charge < -0.3 is 0 Å². The van der Waals surface area contributed by atoms with Crippen LogP contribution in [-0.4, -0.2) is 15.8 Å². The molecule has 0 amide bonds. The maximum atomic E-state index is 12.3. The minimum Gasteiger partial charge on any atom is -0.285 e. The van der Waals surface area contributed by atoms with Crippen LogP contribution in [0.5, 0.6) is 0 Å². The number of hydrogen-bond acceptors (Lipinski definition) is 3. The number of carbonyl (C=O) groups is 2. The minimum atomic E-state index is -1.06. The summed E-state index contributed by atoms with van der Waals surface area (Å²) in [5.74, 6) is -0.816. The lowest BCUT2D eigenvalue weighted by Crippen LogP contribution is -2.20. The fraction of sp³-hybridized carbons (Fsp3) is 0.0370. The van der Waals surface area contributed by atoms with Crippen molar-refractivity contribution in [2.75, 3.05) is 0 Å². The van der Waals surface area contributed by atoms with E-state index in [-0.39, 0.29) is 0 Å². The average Bonchev–Trinajstić information content (AvgIpc) is 2.83. The smallest absolute Gasteiger partial charge is 0.234 e. The quantitative estimate of drug-likeness (QED) is 0.263. The molecule has 5 heteroatoms. The number of ketones is 2. The molecular weight excluding hydrogens is 440 g/mol. The van der Waals surface area contributed by atoms with Crippen molar-refractivity contribution in [2.45, 2.75) is 16.2 Å². The second-order valence-electron chi connectivity index (χ2n) is 7.55. The highest BCUT2D eigenvalue weighted by Crippen LogP contribution is 2.33. The number of hydrogen-bond donors (Lipinski definition) is 0. The second kappa shape index (κ2) is 8.30. The highest BCUT2D eigenvalue weighted by atomic mass is 35.5. The lowest BCUT2D eigenvalue weighted by Gasteiger charge is -2.18. The number of rotatable bonds is 0. The Kier molecular flexibility index (Phi) is 5.33. The summed E-state index contributed by atoms with van der Waals surface area (Å²) in [5, 5.41) is 0.704. The standard InChI is InChI=1S/C14H8O2.C13H9ClOS/c15-13-11-7-3-1-5-9(11)10-6-2-4-8-12(10)14(13)16;14-11-5-6-13-10(8-11)7-9-3-1-2-4-12(9)16(13)15/h1-8H;1-6,8H,7H2. The van der Waals surface area contributed by atoms with Gasteiger partial charge in [-0.15, -0.1) is 0 Å². The van der Waals surface area contributed by atoms with Crippen molar-refractivity contribution >= 4 is 34.0 Å². The lowest BCUT2D eigenvalue weighted by molar-refractivity contribution is 0.0815. The summed E-state index contributed by atoms with van der Waals surface area (Å²) in [7, 11) is -1.06. The van der Waals surface area contributed by atoms with Crippen LogP contribution >= 0.6 is 11.6 Å². The van der Waals surface area contributed by atoms with E-state index in [1.54, 1.807) is 30.3 Å². The molecule has 4 aromatic rings. The van der Waals surface area contributed by atoms with Crippen molar-refractivity contribution in [2.24, 2.45) is 0 Å². The lowest BCUT2D eigenvalue weighted by atomic mass is 9.84. The number of fused-ring (bicyclic) bond motifs is 5. The van der Waals surface area contributed by atoms with Crippen molar-refractivity contribution in [3.8, 4) is 11.1 Å². The third-order valence-corrected chi connectivity index (χ3v) is 7.45. The SMILES string of the molecule is O=C1C(=O)c2ccccc2-c2ccccc21.O=S1c2ccccc2Cc2cc(Cl)ccc21. The molecule has 1 aliphatic carbocycles. The molecule has 1 aliphatic heterocycles. The Hall–Kier alpha value is -3.34. The Morgan fingerprint density at radius 1 is 0.594 bits per heavy atom. The first-order valence-electron chi connectivity index (χ1n) is 10.1. The summed E-state index contributed by atoms with van der Waals surface area (Å²) in [6, 6.07) is 27.9. The van der Waals surface area contributed by atoms with Gasteiger partial charge in [-0.05, 0) is 52.9 Å². The van der Waals surface area contributed by atoms with Crippen LogP contribution in [0.4, 0.5) is 0 Å². The summed E-state index contributed by atoms with van der Waals surface area (Å²) in [5.41, 5.74) is 4.92. The molecule has 0 radical (unpaired) electrons. The predicted molar refractivity (Wildman–Crippen MR) is 126 cm³/mol. The van der Waals surface area contributed by atoms with E-state index >= 15 is 0 Å². The van der Waals surface area contributed by atoms with E-state index in [9.17, 15) is 13.8 Å². The van der Waals surface area contributed by atoms with E-state index in [0.29, 0.717) is 16.1 Å². The zero-order chi connectivity index (χ0) is 22.2. The van der Waals surface area contributed by atoms with Crippen molar-refractivity contribution in [1.29, 1.82) is 0 Å². The van der Waals surface area contributed by atoms with E-state index in [2.05, 4.69) is 0 Å². The molecule has 0 saturated carbocycles. The van der Waals surface area contributed by atoms with Crippen LogP contribution in [0.25, 0.3) is 11.1 Å².